The van der Waals surface area contributed by atoms with E-state index in [1.165, 1.54) is 116 Å². The lowest BCUT2D eigenvalue weighted by Gasteiger charge is -2.30. The number of fused-ring (bicyclic) bond motifs is 14. The predicted octanol–water partition coefficient (Wildman–Crippen LogP) is 18.8. The van der Waals surface area contributed by atoms with Crippen molar-refractivity contribution in [1.29, 1.82) is 0 Å². The van der Waals surface area contributed by atoms with Gasteiger partial charge < -0.3 is 9.47 Å². The highest BCUT2D eigenvalue weighted by molar-refractivity contribution is 6.10. The molecule has 340 valence electrons. The summed E-state index contributed by atoms with van der Waals surface area (Å²) in [5.74, 6) is 0. The van der Waals surface area contributed by atoms with Crippen molar-refractivity contribution in [3.8, 4) is 61.3 Å². The summed E-state index contributed by atoms with van der Waals surface area (Å²) < 4.78 is 2.41. The van der Waals surface area contributed by atoms with Gasteiger partial charge in [0.2, 0.25) is 0 Å². The molecule has 0 saturated carbocycles. The van der Waals surface area contributed by atoms with Crippen molar-refractivity contribution in [2.45, 2.75) is 5.41 Å². The molecule has 0 unspecified atom stereocenters. The van der Waals surface area contributed by atoms with Crippen LogP contribution < -0.4 is 4.90 Å². The molecule has 1 heterocycles. The van der Waals surface area contributed by atoms with Crippen molar-refractivity contribution in [3.63, 3.8) is 0 Å². The second-order valence-electron chi connectivity index (χ2n) is 19.6. The lowest BCUT2D eigenvalue weighted by molar-refractivity contribution is 0.794. The van der Waals surface area contributed by atoms with Crippen LogP contribution in [0.2, 0.25) is 0 Å². The molecule has 0 bridgehead atoms. The van der Waals surface area contributed by atoms with E-state index in [2.05, 4.69) is 289 Å². The number of benzene rings is 12. The lowest BCUT2D eigenvalue weighted by Crippen LogP contribution is -2.25. The Kier molecular flexibility index (Phi) is 9.21. The minimum Gasteiger partial charge on any atom is -0.310 e. The fourth-order valence-corrected chi connectivity index (χ4v) is 12.6. The molecule has 0 amide bonds. The van der Waals surface area contributed by atoms with Gasteiger partial charge in [-0.3, -0.25) is 0 Å². The summed E-state index contributed by atoms with van der Waals surface area (Å²) in [6, 6.07) is 103. The number of nitrogens with zero attached hydrogens (tertiary/aromatic N) is 2. The van der Waals surface area contributed by atoms with E-state index >= 15 is 0 Å². The molecule has 0 radical (unpaired) electrons. The molecule has 2 aliphatic carbocycles. The van der Waals surface area contributed by atoms with E-state index < -0.39 is 0 Å². The minimum atomic E-state index is -0.379. The highest BCUT2D eigenvalue weighted by atomic mass is 15.1. The molecule has 0 saturated heterocycles. The standard InChI is InChI=1S/C71H46N2/c1-2-16-52-45-56(43-37-47(52)15-1)72(54-39-33-49(34-40-54)48-29-31-51(32-30-48)57-17-6-12-26-68(57)73-69-27-13-7-21-62(69)63-22-8-14-28-70(63)73)55-41-35-50(36-42-55)53-38-44-61-60-20-5-11-25-66(60)71(67(61)46-53)64-23-9-3-18-58(64)59-19-4-10-24-65(59)71/h1-46H. The molecule has 2 heteroatoms. The van der Waals surface area contributed by atoms with Gasteiger partial charge in [-0.25, -0.2) is 0 Å². The molecule has 2 nitrogen and oxygen atoms in total. The summed E-state index contributed by atoms with van der Waals surface area (Å²) in [5, 5.41) is 4.96. The van der Waals surface area contributed by atoms with Crippen LogP contribution in [0.5, 0.6) is 0 Å². The van der Waals surface area contributed by atoms with Gasteiger partial charge in [0.1, 0.15) is 0 Å². The molecule has 0 aliphatic heterocycles. The Balaban J connectivity index is 0.781. The number of anilines is 3. The maximum atomic E-state index is 2.47. The Hall–Kier alpha value is -9.50. The maximum Gasteiger partial charge on any atom is 0.0725 e. The van der Waals surface area contributed by atoms with Gasteiger partial charge >= 0.3 is 0 Å². The molecule has 13 aromatic rings. The largest absolute Gasteiger partial charge is 0.310 e. The Bertz CT molecular complexity index is 4190. The first-order valence-corrected chi connectivity index (χ1v) is 25.3. The van der Waals surface area contributed by atoms with Gasteiger partial charge in [0.25, 0.3) is 0 Å². The first-order chi connectivity index (χ1) is 36.2. The Morgan fingerprint density at radius 1 is 0.260 bits per heavy atom. The average molecular weight is 927 g/mol. The quantitative estimate of drug-likeness (QED) is 0.155. The minimum absolute atomic E-state index is 0.379. The smallest absolute Gasteiger partial charge is 0.0725 e. The molecule has 73 heavy (non-hydrogen) atoms. The van der Waals surface area contributed by atoms with E-state index in [9.17, 15) is 0 Å². The van der Waals surface area contributed by atoms with E-state index in [-0.39, 0.29) is 5.41 Å². The predicted molar refractivity (Wildman–Crippen MR) is 306 cm³/mol. The molecular weight excluding hydrogens is 881 g/mol. The molecule has 0 atom stereocenters. The fraction of sp³-hybridized carbons (Fsp3) is 0.0141. The van der Waals surface area contributed by atoms with E-state index in [1.54, 1.807) is 0 Å². The summed E-state index contributed by atoms with van der Waals surface area (Å²) >= 11 is 0. The van der Waals surface area contributed by atoms with Crippen molar-refractivity contribution in [1.82, 2.24) is 4.57 Å². The van der Waals surface area contributed by atoms with Gasteiger partial charge in [0.05, 0.1) is 22.1 Å². The summed E-state index contributed by atoms with van der Waals surface area (Å²) in [7, 11) is 0. The Labute approximate surface area is 425 Å². The van der Waals surface area contributed by atoms with Crippen LogP contribution >= 0.6 is 0 Å². The highest BCUT2D eigenvalue weighted by Gasteiger charge is 2.51. The molecule has 1 spiro atoms. The van der Waals surface area contributed by atoms with Crippen LogP contribution in [0.3, 0.4) is 0 Å². The van der Waals surface area contributed by atoms with Crippen molar-refractivity contribution in [2.75, 3.05) is 4.90 Å². The van der Waals surface area contributed by atoms with Gasteiger partial charge in [0.15, 0.2) is 0 Å². The summed E-state index contributed by atoms with van der Waals surface area (Å²) in [6.07, 6.45) is 0. The number of hydrogen-bond donors (Lipinski definition) is 0. The van der Waals surface area contributed by atoms with Crippen molar-refractivity contribution in [3.05, 3.63) is 301 Å². The van der Waals surface area contributed by atoms with Gasteiger partial charge in [0, 0.05) is 33.4 Å². The van der Waals surface area contributed by atoms with Gasteiger partial charge in [-0.2, -0.15) is 0 Å². The van der Waals surface area contributed by atoms with Crippen LogP contribution in [0.15, 0.2) is 279 Å². The van der Waals surface area contributed by atoms with Gasteiger partial charge in [-0.1, -0.05) is 218 Å². The van der Waals surface area contributed by atoms with Crippen LogP contribution in [0.25, 0.3) is 93.9 Å². The van der Waals surface area contributed by atoms with Crippen molar-refractivity contribution < 1.29 is 0 Å². The van der Waals surface area contributed by atoms with Gasteiger partial charge in [-0.15, -0.1) is 0 Å². The molecular formula is C71H46N2. The maximum absolute atomic E-state index is 2.47. The lowest BCUT2D eigenvalue weighted by atomic mass is 9.70. The van der Waals surface area contributed by atoms with Crippen LogP contribution in [0.4, 0.5) is 17.1 Å². The molecule has 2 aliphatic rings. The zero-order valence-corrected chi connectivity index (χ0v) is 40.0. The normalized spacial score (nSPS) is 12.8. The Morgan fingerprint density at radius 3 is 1.26 bits per heavy atom. The van der Waals surface area contributed by atoms with Crippen LogP contribution in [0, 0.1) is 0 Å². The third-order valence-electron chi connectivity index (χ3n) is 15.8. The monoisotopic (exact) mass is 926 g/mol. The molecule has 0 N–H and O–H groups in total. The van der Waals surface area contributed by atoms with Crippen LogP contribution in [-0.4, -0.2) is 4.57 Å². The molecule has 15 rings (SSSR count). The first kappa shape index (κ1) is 41.3. The SMILES string of the molecule is c1ccc(-n2c3ccccc3c3ccccc32)c(-c2ccc(-c3ccc(N(c4ccc(-c5ccc6c(c5)C5(c7ccccc7-c7ccccc75)c5ccccc5-6)cc4)c4ccc5ccccc5c4)cc3)cc2)c1. The van der Waals surface area contributed by atoms with E-state index in [1.807, 2.05) is 0 Å². The number of para-hydroxylation sites is 3. The Morgan fingerprint density at radius 2 is 0.671 bits per heavy atom. The third-order valence-corrected chi connectivity index (χ3v) is 15.8. The molecule has 0 fully saturated rings. The summed E-state index contributed by atoms with van der Waals surface area (Å²) in [5.41, 5.74) is 24.4. The third kappa shape index (κ3) is 6.24. The van der Waals surface area contributed by atoms with Gasteiger partial charge in [-0.05, 0) is 144 Å². The van der Waals surface area contributed by atoms with Crippen molar-refractivity contribution in [2.24, 2.45) is 0 Å². The number of rotatable bonds is 7. The highest BCUT2D eigenvalue weighted by Crippen LogP contribution is 2.63. The van der Waals surface area contributed by atoms with E-state index in [0.717, 1.165) is 17.1 Å². The fourth-order valence-electron chi connectivity index (χ4n) is 12.6. The second-order valence-corrected chi connectivity index (χ2v) is 19.6. The number of aromatic nitrogens is 1. The molecule has 1 aromatic heterocycles. The van der Waals surface area contributed by atoms with Crippen LogP contribution in [-0.2, 0) is 5.41 Å². The second kappa shape index (κ2) is 16.3. The first-order valence-electron chi connectivity index (χ1n) is 25.3. The van der Waals surface area contributed by atoms with E-state index in [4.69, 9.17) is 0 Å². The molecule has 12 aromatic carbocycles. The summed E-state index contributed by atoms with van der Waals surface area (Å²) in [6.45, 7) is 0. The zero-order chi connectivity index (χ0) is 48.0. The van der Waals surface area contributed by atoms with Crippen LogP contribution in [0.1, 0.15) is 22.3 Å². The van der Waals surface area contributed by atoms with E-state index in [0.29, 0.717) is 0 Å². The summed E-state index contributed by atoms with van der Waals surface area (Å²) in [4.78, 5) is 2.38. The zero-order valence-electron chi connectivity index (χ0n) is 40.0. The topological polar surface area (TPSA) is 8.17 Å². The average Bonchev–Trinajstić information content (AvgIpc) is 4.07. The van der Waals surface area contributed by atoms with Crippen molar-refractivity contribution >= 4 is 49.6 Å². The number of hydrogen-bond acceptors (Lipinski definition) is 1.